The van der Waals surface area contributed by atoms with E-state index in [2.05, 4.69) is 51.6 Å². The van der Waals surface area contributed by atoms with Gasteiger partial charge in [-0.2, -0.15) is 13.2 Å². The van der Waals surface area contributed by atoms with Crippen LogP contribution in [0.5, 0.6) is 5.75 Å². The Hall–Kier alpha value is -3.96. The second-order valence-corrected chi connectivity index (χ2v) is 8.33. The maximum absolute atomic E-state index is 10.6. The molecule has 1 unspecified atom stereocenters. The fourth-order valence-electron chi connectivity index (χ4n) is 3.95. The zero-order chi connectivity index (χ0) is 26.4. The molecule has 11 heteroatoms. The van der Waals surface area contributed by atoms with E-state index in [4.69, 9.17) is 19.4 Å². The third-order valence-corrected chi connectivity index (χ3v) is 5.81. The van der Waals surface area contributed by atoms with Gasteiger partial charge in [-0.3, -0.25) is 4.90 Å². The number of carboxylic acids is 1. The second kappa shape index (κ2) is 11.4. The molecule has 0 bridgehead atoms. The standard InChI is InChI=1S/C24H24N4O2.C2HF3O2/c1-29-21-10-7-18(8-11-21)15-27-13-14-30-23(17-27)24-22-12-9-20(16-28(22)26-25-24)19-5-3-2-4-6-19;3-2(4,5)1(6)7/h2-12,16,23H,13-15,17H2,1H3;(H,6,7). The van der Waals surface area contributed by atoms with Crippen LogP contribution in [0.3, 0.4) is 0 Å². The number of hydrogen-bond acceptors (Lipinski definition) is 6. The average molecular weight is 515 g/mol. The Bertz CT molecular complexity index is 1330. The minimum absolute atomic E-state index is 0.0860. The molecule has 1 fully saturated rings. The third-order valence-electron chi connectivity index (χ3n) is 5.81. The molecule has 194 valence electrons. The van der Waals surface area contributed by atoms with E-state index >= 15 is 0 Å². The van der Waals surface area contributed by atoms with Gasteiger partial charge in [0.25, 0.3) is 0 Å². The van der Waals surface area contributed by atoms with E-state index in [0.717, 1.165) is 47.7 Å². The lowest BCUT2D eigenvalue weighted by Gasteiger charge is -2.32. The number of carbonyl (C=O) groups is 1. The molecule has 5 rings (SSSR count). The summed E-state index contributed by atoms with van der Waals surface area (Å²) in [5, 5.41) is 16.0. The van der Waals surface area contributed by atoms with Gasteiger partial charge in [0.1, 0.15) is 17.5 Å². The first-order valence-electron chi connectivity index (χ1n) is 11.4. The zero-order valence-corrected chi connectivity index (χ0v) is 19.9. The van der Waals surface area contributed by atoms with Crippen LogP contribution in [0.1, 0.15) is 17.4 Å². The lowest BCUT2D eigenvalue weighted by atomic mass is 10.1. The van der Waals surface area contributed by atoms with Crippen LogP contribution in [0.2, 0.25) is 0 Å². The summed E-state index contributed by atoms with van der Waals surface area (Å²) < 4.78 is 44.9. The molecule has 1 aliphatic rings. The molecule has 2 aromatic heterocycles. The quantitative estimate of drug-likeness (QED) is 0.416. The molecule has 3 heterocycles. The van der Waals surface area contributed by atoms with Gasteiger partial charge in [-0.1, -0.05) is 53.7 Å². The number of benzene rings is 2. The van der Waals surface area contributed by atoms with Crippen molar-refractivity contribution in [1.29, 1.82) is 0 Å². The van der Waals surface area contributed by atoms with Crippen molar-refractivity contribution in [3.63, 3.8) is 0 Å². The highest BCUT2D eigenvalue weighted by Crippen LogP contribution is 2.27. The monoisotopic (exact) mass is 514 g/mol. The number of carboxylic acid groups (broad SMARTS) is 1. The smallest absolute Gasteiger partial charge is 0.490 e. The summed E-state index contributed by atoms with van der Waals surface area (Å²) in [5.41, 5.74) is 5.43. The van der Waals surface area contributed by atoms with Crippen molar-refractivity contribution >= 4 is 11.5 Å². The van der Waals surface area contributed by atoms with E-state index in [1.165, 1.54) is 5.56 Å². The summed E-state index contributed by atoms with van der Waals surface area (Å²) in [6.07, 6.45) is -3.14. The Morgan fingerprint density at radius 1 is 1.08 bits per heavy atom. The summed E-state index contributed by atoms with van der Waals surface area (Å²) in [7, 11) is 1.69. The highest BCUT2D eigenvalue weighted by atomic mass is 19.4. The number of hydrogen-bond donors (Lipinski definition) is 1. The second-order valence-electron chi connectivity index (χ2n) is 8.33. The predicted octanol–water partition coefficient (Wildman–Crippen LogP) is 4.61. The number of nitrogens with zero attached hydrogens (tertiary/aromatic N) is 4. The van der Waals surface area contributed by atoms with Gasteiger partial charge in [0.15, 0.2) is 0 Å². The normalized spacial score (nSPS) is 16.2. The van der Waals surface area contributed by atoms with Crippen molar-refractivity contribution in [2.75, 3.05) is 26.8 Å². The molecule has 0 saturated carbocycles. The number of ether oxygens (including phenoxy) is 2. The van der Waals surface area contributed by atoms with E-state index in [0.29, 0.717) is 6.61 Å². The lowest BCUT2D eigenvalue weighted by Crippen LogP contribution is -2.38. The van der Waals surface area contributed by atoms with E-state index in [1.54, 1.807) is 7.11 Å². The molecule has 4 aromatic rings. The summed E-state index contributed by atoms with van der Waals surface area (Å²) in [6.45, 7) is 3.25. The van der Waals surface area contributed by atoms with Crippen molar-refractivity contribution in [2.45, 2.75) is 18.8 Å². The van der Waals surface area contributed by atoms with Gasteiger partial charge >= 0.3 is 12.1 Å². The summed E-state index contributed by atoms with van der Waals surface area (Å²) in [6, 6.07) is 22.7. The van der Waals surface area contributed by atoms with Crippen molar-refractivity contribution < 1.29 is 32.5 Å². The van der Waals surface area contributed by atoms with Crippen LogP contribution in [0.4, 0.5) is 13.2 Å². The number of aliphatic carboxylic acids is 1. The van der Waals surface area contributed by atoms with Crippen molar-refractivity contribution in [1.82, 2.24) is 19.7 Å². The largest absolute Gasteiger partial charge is 0.497 e. The first kappa shape index (κ1) is 26.1. The maximum Gasteiger partial charge on any atom is 0.490 e. The molecule has 0 spiro atoms. The highest BCUT2D eigenvalue weighted by Gasteiger charge is 2.38. The van der Waals surface area contributed by atoms with Gasteiger partial charge in [0.2, 0.25) is 0 Å². The highest BCUT2D eigenvalue weighted by molar-refractivity contribution is 5.73. The Morgan fingerprint density at radius 2 is 1.78 bits per heavy atom. The summed E-state index contributed by atoms with van der Waals surface area (Å²) in [5.74, 6) is -1.88. The predicted molar refractivity (Wildman–Crippen MR) is 129 cm³/mol. The van der Waals surface area contributed by atoms with E-state index in [9.17, 15) is 13.2 Å². The first-order chi connectivity index (χ1) is 17.7. The van der Waals surface area contributed by atoms with Crippen LogP contribution in [0, 0.1) is 0 Å². The van der Waals surface area contributed by atoms with Gasteiger partial charge in [0.05, 0.1) is 19.2 Å². The van der Waals surface area contributed by atoms with Crippen LogP contribution in [0.15, 0.2) is 72.9 Å². The number of pyridine rings is 1. The fraction of sp³-hybridized carbons (Fsp3) is 0.269. The number of alkyl halides is 3. The maximum atomic E-state index is 10.6. The van der Waals surface area contributed by atoms with Gasteiger partial charge in [0, 0.05) is 31.4 Å². The lowest BCUT2D eigenvalue weighted by molar-refractivity contribution is -0.192. The molecule has 1 aliphatic heterocycles. The molecule has 1 saturated heterocycles. The minimum atomic E-state index is -5.08. The van der Waals surface area contributed by atoms with E-state index in [1.807, 2.05) is 41.0 Å². The Labute approximate surface area is 210 Å². The number of aromatic nitrogens is 3. The van der Waals surface area contributed by atoms with Gasteiger partial charge in [-0.05, 0) is 29.3 Å². The van der Waals surface area contributed by atoms with Crippen molar-refractivity contribution in [3.8, 4) is 16.9 Å². The van der Waals surface area contributed by atoms with Gasteiger partial charge in [-0.15, -0.1) is 5.10 Å². The van der Waals surface area contributed by atoms with Gasteiger partial charge in [-0.25, -0.2) is 9.31 Å². The zero-order valence-electron chi connectivity index (χ0n) is 19.9. The molecule has 0 aliphatic carbocycles. The van der Waals surface area contributed by atoms with Crippen LogP contribution in [-0.4, -0.2) is 63.8 Å². The number of halogens is 3. The Balaban J connectivity index is 0.000000405. The minimum Gasteiger partial charge on any atom is -0.497 e. The number of fused-ring (bicyclic) bond motifs is 1. The molecule has 1 N–H and O–H groups in total. The van der Waals surface area contributed by atoms with Crippen molar-refractivity contribution in [2.24, 2.45) is 0 Å². The topological polar surface area (TPSA) is 89.2 Å². The summed E-state index contributed by atoms with van der Waals surface area (Å²) in [4.78, 5) is 11.3. The Morgan fingerprint density at radius 3 is 2.43 bits per heavy atom. The number of rotatable bonds is 5. The van der Waals surface area contributed by atoms with E-state index < -0.39 is 12.1 Å². The average Bonchev–Trinajstić information content (AvgIpc) is 3.33. The Kier molecular flexibility index (Phi) is 8.04. The molecule has 0 radical (unpaired) electrons. The summed E-state index contributed by atoms with van der Waals surface area (Å²) >= 11 is 0. The molecular formula is C26H25F3N4O4. The van der Waals surface area contributed by atoms with Crippen molar-refractivity contribution in [3.05, 3.63) is 84.2 Å². The fourth-order valence-corrected chi connectivity index (χ4v) is 3.95. The molecule has 0 amide bonds. The molecule has 37 heavy (non-hydrogen) atoms. The number of methoxy groups -OCH3 is 1. The van der Waals surface area contributed by atoms with Crippen LogP contribution in [0.25, 0.3) is 16.6 Å². The SMILES string of the molecule is COc1ccc(CN2CCOC(c3nnn4cc(-c5ccccc5)ccc34)C2)cc1.O=C(O)C(F)(F)F. The van der Waals surface area contributed by atoms with Crippen LogP contribution in [-0.2, 0) is 16.1 Å². The molecule has 8 nitrogen and oxygen atoms in total. The molecular weight excluding hydrogens is 489 g/mol. The van der Waals surface area contributed by atoms with Crippen LogP contribution >= 0.6 is 0 Å². The first-order valence-corrected chi connectivity index (χ1v) is 11.4. The molecule has 1 atom stereocenters. The van der Waals surface area contributed by atoms with Crippen LogP contribution < -0.4 is 4.74 Å². The van der Waals surface area contributed by atoms with E-state index in [-0.39, 0.29) is 6.10 Å². The number of morpholine rings is 1. The third kappa shape index (κ3) is 6.63. The van der Waals surface area contributed by atoms with Gasteiger partial charge < -0.3 is 14.6 Å². The molecule has 2 aromatic carbocycles.